The van der Waals surface area contributed by atoms with Crippen LogP contribution in [0.3, 0.4) is 0 Å². The fourth-order valence-electron chi connectivity index (χ4n) is 4.95. The Kier molecular flexibility index (Phi) is 9.04. The van der Waals surface area contributed by atoms with Gasteiger partial charge in [-0.25, -0.2) is 9.59 Å². The normalized spacial score (nSPS) is 16.2. The molecule has 2 saturated heterocycles. The molecule has 0 bridgehead atoms. The summed E-state index contributed by atoms with van der Waals surface area (Å²) in [6.45, 7) is 9.38. The lowest BCUT2D eigenvalue weighted by Gasteiger charge is -2.35. The largest absolute Gasteiger partial charge is 0.492 e. The molecule has 0 unspecified atom stereocenters. The lowest BCUT2D eigenvalue weighted by atomic mass is 9.89. The average Bonchev–Trinajstić information content (AvgIpc) is 2.94. The Morgan fingerprint density at radius 1 is 0.895 bits per heavy atom. The number of benzene rings is 1. The van der Waals surface area contributed by atoms with Gasteiger partial charge in [-0.3, -0.25) is 9.78 Å². The molecular weight excluding hydrogens is 486 g/mol. The summed E-state index contributed by atoms with van der Waals surface area (Å²) in [4.78, 5) is 48.5. The molecule has 2 fully saturated rings. The van der Waals surface area contributed by atoms with E-state index in [0.717, 1.165) is 11.4 Å². The van der Waals surface area contributed by atoms with Crippen LogP contribution in [0, 0.1) is 6.92 Å². The van der Waals surface area contributed by atoms with Crippen LogP contribution in [0.5, 0.6) is 5.75 Å². The third-order valence-electron chi connectivity index (χ3n) is 6.98. The van der Waals surface area contributed by atoms with Crippen molar-refractivity contribution in [3.8, 4) is 5.75 Å². The maximum atomic E-state index is 13.5. The number of piperazine rings is 1. The van der Waals surface area contributed by atoms with E-state index in [4.69, 9.17) is 14.5 Å². The van der Waals surface area contributed by atoms with Crippen molar-refractivity contribution in [3.05, 3.63) is 53.3 Å². The van der Waals surface area contributed by atoms with Crippen molar-refractivity contribution in [2.45, 2.75) is 39.5 Å². The number of hydrogen-bond acceptors (Lipinski definition) is 6. The maximum Gasteiger partial charge on any atom is 0.409 e. The Balaban J connectivity index is 1.39. The van der Waals surface area contributed by atoms with Crippen LogP contribution in [-0.2, 0) is 4.74 Å². The van der Waals surface area contributed by atoms with Crippen molar-refractivity contribution in [2.75, 3.05) is 57.8 Å². The van der Waals surface area contributed by atoms with Crippen molar-refractivity contribution >= 4 is 23.7 Å². The summed E-state index contributed by atoms with van der Waals surface area (Å²) in [5, 5.41) is 2.97. The number of urea groups is 1. The number of rotatable bonds is 6. The van der Waals surface area contributed by atoms with Crippen LogP contribution in [0.4, 0.5) is 15.3 Å². The molecule has 2 aromatic rings. The summed E-state index contributed by atoms with van der Waals surface area (Å²) in [7, 11) is 0. The minimum Gasteiger partial charge on any atom is -0.492 e. The van der Waals surface area contributed by atoms with Gasteiger partial charge in [0.15, 0.2) is 0 Å². The number of carbonyl (C=O) groups excluding carboxylic acids is 3. The number of likely N-dealkylation sites (tertiary alicyclic amines) is 1. The predicted molar refractivity (Wildman–Crippen MR) is 144 cm³/mol. The summed E-state index contributed by atoms with van der Waals surface area (Å²) in [6, 6.07) is 11.0. The molecule has 4 rings (SSSR count). The second kappa shape index (κ2) is 12.6. The Morgan fingerprint density at radius 3 is 2.26 bits per heavy atom. The van der Waals surface area contributed by atoms with Gasteiger partial charge in [0.25, 0.3) is 5.91 Å². The smallest absolute Gasteiger partial charge is 0.409 e. The summed E-state index contributed by atoms with van der Waals surface area (Å²) >= 11 is 0. The zero-order valence-electron chi connectivity index (χ0n) is 22.4. The van der Waals surface area contributed by atoms with Crippen molar-refractivity contribution in [3.63, 3.8) is 0 Å². The number of carbonyl (C=O) groups is 3. The van der Waals surface area contributed by atoms with Gasteiger partial charge in [-0.15, -0.1) is 0 Å². The fourth-order valence-corrected chi connectivity index (χ4v) is 4.95. The minimum absolute atomic E-state index is 0.0660. The molecule has 0 spiro atoms. The Morgan fingerprint density at radius 2 is 1.58 bits per heavy atom. The van der Waals surface area contributed by atoms with Crippen LogP contribution >= 0.6 is 0 Å². The first-order valence-electron chi connectivity index (χ1n) is 13.4. The minimum atomic E-state index is -0.338. The van der Waals surface area contributed by atoms with E-state index in [2.05, 4.69) is 5.32 Å². The van der Waals surface area contributed by atoms with E-state index in [-0.39, 0.29) is 23.9 Å². The number of hydrogen-bond donors (Lipinski definition) is 1. The molecule has 1 N–H and O–H groups in total. The van der Waals surface area contributed by atoms with E-state index in [1.165, 1.54) is 0 Å². The lowest BCUT2D eigenvalue weighted by molar-refractivity contribution is 0.0568. The number of aryl methyl sites for hydroxylation is 1. The SMILES string of the molecule is CCOC(=O)N1CCN(C(=O)c2ccc(C)nc2C2CCN(C(=O)Nc3ccccc3OCC)CC2)CC1. The summed E-state index contributed by atoms with van der Waals surface area (Å²) in [5.74, 6) is 0.659. The highest BCUT2D eigenvalue weighted by Crippen LogP contribution is 2.31. The van der Waals surface area contributed by atoms with Crippen LogP contribution in [-0.4, -0.2) is 90.2 Å². The van der Waals surface area contributed by atoms with Gasteiger partial charge in [-0.05, 0) is 57.9 Å². The van der Waals surface area contributed by atoms with E-state index in [1.807, 2.05) is 50.2 Å². The van der Waals surface area contributed by atoms with Gasteiger partial charge in [-0.1, -0.05) is 12.1 Å². The quantitative estimate of drug-likeness (QED) is 0.611. The first-order chi connectivity index (χ1) is 18.4. The molecule has 2 aliphatic heterocycles. The molecule has 10 nitrogen and oxygen atoms in total. The van der Waals surface area contributed by atoms with Gasteiger partial charge in [-0.2, -0.15) is 0 Å². The number of amides is 4. The zero-order chi connectivity index (χ0) is 27.1. The molecule has 0 aliphatic carbocycles. The van der Waals surface area contributed by atoms with Gasteiger partial charge in [0, 0.05) is 50.9 Å². The van der Waals surface area contributed by atoms with Crippen molar-refractivity contribution < 1.29 is 23.9 Å². The first-order valence-corrected chi connectivity index (χ1v) is 13.4. The summed E-state index contributed by atoms with van der Waals surface area (Å²) in [6.07, 6.45) is 1.09. The van der Waals surface area contributed by atoms with Gasteiger partial charge in [0.1, 0.15) is 5.75 Å². The van der Waals surface area contributed by atoms with Crippen LogP contribution < -0.4 is 10.1 Å². The second-order valence-corrected chi connectivity index (χ2v) is 9.48. The highest BCUT2D eigenvalue weighted by molar-refractivity contribution is 5.96. The van der Waals surface area contributed by atoms with Crippen LogP contribution in [0.2, 0.25) is 0 Å². The van der Waals surface area contributed by atoms with Crippen molar-refractivity contribution in [1.29, 1.82) is 0 Å². The number of nitrogens with one attached hydrogen (secondary N) is 1. The molecule has 3 heterocycles. The highest BCUT2D eigenvalue weighted by Gasteiger charge is 2.31. The molecule has 0 radical (unpaired) electrons. The van der Waals surface area contributed by atoms with Gasteiger partial charge in [0.2, 0.25) is 0 Å². The third kappa shape index (κ3) is 6.35. The molecule has 2 aliphatic rings. The Hall–Kier alpha value is -3.82. The van der Waals surface area contributed by atoms with Crippen molar-refractivity contribution in [1.82, 2.24) is 19.7 Å². The molecule has 1 aromatic heterocycles. The molecule has 38 heavy (non-hydrogen) atoms. The average molecular weight is 524 g/mol. The number of aromatic nitrogens is 1. The van der Waals surface area contributed by atoms with Gasteiger partial charge >= 0.3 is 12.1 Å². The fraction of sp³-hybridized carbons (Fsp3) is 0.500. The molecule has 0 atom stereocenters. The maximum absolute atomic E-state index is 13.5. The summed E-state index contributed by atoms with van der Waals surface area (Å²) < 4.78 is 10.7. The van der Waals surface area contributed by atoms with Crippen molar-refractivity contribution in [2.24, 2.45) is 0 Å². The van der Waals surface area contributed by atoms with E-state index in [0.29, 0.717) is 82.3 Å². The number of ether oxygens (including phenoxy) is 2. The zero-order valence-corrected chi connectivity index (χ0v) is 22.4. The number of anilines is 1. The number of para-hydroxylation sites is 2. The molecule has 204 valence electrons. The monoisotopic (exact) mass is 523 g/mol. The van der Waals surface area contributed by atoms with Gasteiger partial charge in [0.05, 0.1) is 30.2 Å². The molecular formula is C28H37N5O5. The molecule has 10 heteroatoms. The standard InChI is InChI=1S/C28H37N5O5/c1-4-37-24-9-7-6-8-23(24)30-27(35)32-14-12-21(13-15-32)25-22(11-10-20(3)29-25)26(34)31-16-18-33(19-17-31)28(36)38-5-2/h6-11,21H,4-5,12-19H2,1-3H3,(H,30,35). The first kappa shape index (κ1) is 27.2. The summed E-state index contributed by atoms with van der Waals surface area (Å²) in [5.41, 5.74) is 2.91. The number of nitrogens with zero attached hydrogens (tertiary/aromatic N) is 4. The predicted octanol–water partition coefficient (Wildman–Crippen LogP) is 4.11. The number of pyridine rings is 1. The van der Waals surface area contributed by atoms with E-state index in [1.54, 1.807) is 21.6 Å². The topological polar surface area (TPSA) is 104 Å². The van der Waals surface area contributed by atoms with E-state index >= 15 is 0 Å². The second-order valence-electron chi connectivity index (χ2n) is 9.48. The lowest BCUT2D eigenvalue weighted by Crippen LogP contribution is -2.51. The molecule has 4 amide bonds. The van der Waals surface area contributed by atoms with Crippen LogP contribution in [0.15, 0.2) is 36.4 Å². The molecule has 0 saturated carbocycles. The van der Waals surface area contributed by atoms with Crippen LogP contribution in [0.25, 0.3) is 0 Å². The van der Waals surface area contributed by atoms with E-state index < -0.39 is 0 Å². The van der Waals surface area contributed by atoms with Gasteiger partial charge < -0.3 is 29.5 Å². The highest BCUT2D eigenvalue weighted by atomic mass is 16.6. The molecule has 1 aromatic carbocycles. The Bertz CT molecular complexity index is 1140. The van der Waals surface area contributed by atoms with E-state index in [9.17, 15) is 14.4 Å². The number of piperidine rings is 1. The van der Waals surface area contributed by atoms with Crippen LogP contribution in [0.1, 0.15) is 54.4 Å². The third-order valence-corrected chi connectivity index (χ3v) is 6.98. The Labute approximate surface area is 223 Å².